The third-order valence-electron chi connectivity index (χ3n) is 7.68. The quantitative estimate of drug-likeness (QED) is 0.249. The summed E-state index contributed by atoms with van der Waals surface area (Å²) in [5, 5.41) is 17.4. The molecule has 0 spiro atoms. The number of aryl methyl sites for hydroxylation is 1. The number of fused-ring (bicyclic) bond motifs is 1. The molecule has 4 heterocycles. The van der Waals surface area contributed by atoms with Crippen molar-refractivity contribution in [2.45, 2.75) is 49.0 Å². The van der Waals surface area contributed by atoms with Crippen molar-refractivity contribution in [2.24, 2.45) is 0 Å². The highest BCUT2D eigenvalue weighted by atomic mass is 32.2. The molecular formula is C28H32N8O5S. The van der Waals surface area contributed by atoms with Gasteiger partial charge in [0.05, 0.1) is 42.0 Å². The zero-order valence-electron chi connectivity index (χ0n) is 23.6. The van der Waals surface area contributed by atoms with E-state index < -0.39 is 15.4 Å². The summed E-state index contributed by atoms with van der Waals surface area (Å²) in [6.07, 6.45) is 6.77. The van der Waals surface area contributed by atoms with Crippen LogP contribution < -0.4 is 5.73 Å². The summed E-state index contributed by atoms with van der Waals surface area (Å²) in [5.41, 5.74) is 8.75. The fourth-order valence-electron chi connectivity index (χ4n) is 5.63. The lowest BCUT2D eigenvalue weighted by molar-refractivity contribution is -0.108. The summed E-state index contributed by atoms with van der Waals surface area (Å²) >= 11 is 0. The number of sulfone groups is 1. The Morgan fingerprint density at radius 3 is 2.55 bits per heavy atom. The van der Waals surface area contributed by atoms with Gasteiger partial charge in [-0.3, -0.25) is 0 Å². The van der Waals surface area contributed by atoms with E-state index in [0.717, 1.165) is 11.9 Å². The average Bonchev–Trinajstić information content (AvgIpc) is 3.73. The molecule has 0 atom stereocenters. The van der Waals surface area contributed by atoms with E-state index in [0.29, 0.717) is 73.3 Å². The van der Waals surface area contributed by atoms with Gasteiger partial charge >= 0.3 is 0 Å². The van der Waals surface area contributed by atoms with E-state index in [9.17, 15) is 8.42 Å². The van der Waals surface area contributed by atoms with Crippen LogP contribution in [0.3, 0.4) is 0 Å². The van der Waals surface area contributed by atoms with Crippen LogP contribution in [0.15, 0.2) is 58.1 Å². The third kappa shape index (κ3) is 5.05. The molecule has 4 aromatic heterocycles. The topological polar surface area (TPSA) is 166 Å². The highest BCUT2D eigenvalue weighted by molar-refractivity contribution is 7.91. The number of hydrogen-bond donors (Lipinski definition) is 1. The lowest BCUT2D eigenvalue weighted by Gasteiger charge is -2.37. The Labute approximate surface area is 242 Å². The summed E-state index contributed by atoms with van der Waals surface area (Å²) in [6.45, 7) is 2.50. The molecule has 0 unspecified atom stereocenters. The van der Waals surface area contributed by atoms with Gasteiger partial charge in [-0.15, -0.1) is 10.2 Å². The molecule has 13 nitrogen and oxygen atoms in total. The lowest BCUT2D eigenvalue weighted by atomic mass is 9.77. The summed E-state index contributed by atoms with van der Waals surface area (Å²) in [6, 6.07) is 11.6. The van der Waals surface area contributed by atoms with Crippen molar-refractivity contribution >= 4 is 21.3 Å². The second kappa shape index (κ2) is 10.9. The predicted octanol–water partition coefficient (Wildman–Crippen LogP) is 3.48. The third-order valence-corrected chi connectivity index (χ3v) is 8.84. The zero-order valence-corrected chi connectivity index (χ0v) is 24.4. The van der Waals surface area contributed by atoms with Gasteiger partial charge in [0.15, 0.2) is 15.5 Å². The van der Waals surface area contributed by atoms with Gasteiger partial charge in [0.2, 0.25) is 11.8 Å². The molecule has 0 radical (unpaired) electrons. The number of ether oxygens (including phenoxy) is 2. The molecule has 1 fully saturated rings. The fraction of sp³-hybridized carbons (Fsp3) is 0.393. The van der Waals surface area contributed by atoms with E-state index in [2.05, 4.69) is 15.3 Å². The maximum atomic E-state index is 13.1. The van der Waals surface area contributed by atoms with Crippen LogP contribution in [0, 0.1) is 6.92 Å². The largest absolute Gasteiger partial charge is 0.422 e. The Kier molecular flexibility index (Phi) is 7.29. The fourth-order valence-corrected chi connectivity index (χ4v) is 6.68. The van der Waals surface area contributed by atoms with Gasteiger partial charge in [-0.1, -0.05) is 18.2 Å². The Balaban J connectivity index is 1.39. The van der Waals surface area contributed by atoms with Crippen molar-refractivity contribution in [3.63, 3.8) is 0 Å². The zero-order chi connectivity index (χ0) is 29.5. The van der Waals surface area contributed by atoms with E-state index in [1.165, 1.54) is 4.52 Å². The highest BCUT2D eigenvalue weighted by Crippen LogP contribution is 2.47. The summed E-state index contributed by atoms with van der Waals surface area (Å²) in [5.74, 6) is 0.665. The molecule has 0 bridgehead atoms. The Morgan fingerprint density at radius 1 is 1.12 bits per heavy atom. The molecule has 14 heteroatoms. The van der Waals surface area contributed by atoms with Crippen LogP contribution in [-0.4, -0.2) is 69.6 Å². The number of hydrogen-bond acceptors (Lipinski definition) is 11. The van der Waals surface area contributed by atoms with E-state index >= 15 is 0 Å². The first-order valence-electron chi connectivity index (χ1n) is 13.6. The molecule has 220 valence electrons. The number of aromatic nitrogens is 7. The van der Waals surface area contributed by atoms with Gasteiger partial charge in [-0.25, -0.2) is 18.1 Å². The smallest absolute Gasteiger partial charge is 0.248 e. The van der Waals surface area contributed by atoms with Gasteiger partial charge < -0.3 is 19.6 Å². The predicted molar refractivity (Wildman–Crippen MR) is 153 cm³/mol. The summed E-state index contributed by atoms with van der Waals surface area (Å²) in [4.78, 5) is 4.92. The first-order valence-corrected chi connectivity index (χ1v) is 15.5. The van der Waals surface area contributed by atoms with Gasteiger partial charge in [-0.05, 0) is 43.9 Å². The maximum Gasteiger partial charge on any atom is 0.248 e. The minimum atomic E-state index is -3.74. The second-order valence-electron chi connectivity index (χ2n) is 10.5. The van der Waals surface area contributed by atoms with E-state index in [1.54, 1.807) is 24.9 Å². The number of nitrogen functional groups attached to an aromatic ring is 1. The molecule has 0 amide bonds. The van der Waals surface area contributed by atoms with Gasteiger partial charge in [-0.2, -0.15) is 14.7 Å². The van der Waals surface area contributed by atoms with Crippen molar-refractivity contribution in [1.82, 2.24) is 34.6 Å². The Morgan fingerprint density at radius 2 is 1.88 bits per heavy atom. The van der Waals surface area contributed by atoms with E-state index in [4.69, 9.17) is 29.7 Å². The first-order chi connectivity index (χ1) is 20.2. The molecular weight excluding hydrogens is 560 g/mol. The minimum absolute atomic E-state index is 0.00843. The number of nitrogens with two attached hydrogens (primary N) is 1. The second-order valence-corrected chi connectivity index (χ2v) is 12.4. The molecule has 2 N–H and O–H groups in total. The first kappa shape index (κ1) is 28.0. The normalized spacial score (nSPS) is 19.5. The molecule has 0 aliphatic heterocycles. The lowest BCUT2D eigenvalue weighted by Crippen LogP contribution is -2.36. The van der Waals surface area contributed by atoms with Crippen molar-refractivity contribution in [3.8, 4) is 16.9 Å². The van der Waals surface area contributed by atoms with Crippen molar-refractivity contribution < 1.29 is 22.3 Å². The maximum absolute atomic E-state index is 13.1. The van der Waals surface area contributed by atoms with Crippen LogP contribution in [0.25, 0.3) is 22.6 Å². The molecule has 42 heavy (non-hydrogen) atoms. The monoisotopic (exact) mass is 592 g/mol. The van der Waals surface area contributed by atoms with Crippen LogP contribution in [0.2, 0.25) is 0 Å². The van der Waals surface area contributed by atoms with Crippen LogP contribution >= 0.6 is 0 Å². The SMILES string of the molecule is COCCOC1(c2nnc(C)o2)CCC(c2nc3c(-c4ccn(-c5ccccc5)n4)cnn3c(N)c2S(C)(=O)=O)CC1. The van der Waals surface area contributed by atoms with E-state index in [-0.39, 0.29) is 16.6 Å². The van der Waals surface area contributed by atoms with Crippen molar-refractivity contribution in [2.75, 3.05) is 32.3 Å². The van der Waals surface area contributed by atoms with Crippen molar-refractivity contribution in [1.29, 1.82) is 0 Å². The number of methoxy groups -OCH3 is 1. The van der Waals surface area contributed by atoms with Crippen LogP contribution in [-0.2, 0) is 24.9 Å². The molecule has 6 rings (SSSR count). The number of benzene rings is 1. The average molecular weight is 593 g/mol. The van der Waals surface area contributed by atoms with Crippen LogP contribution in [0.4, 0.5) is 5.82 Å². The minimum Gasteiger partial charge on any atom is -0.422 e. The molecule has 1 aliphatic rings. The molecule has 1 aromatic carbocycles. The Hall–Kier alpha value is -4.14. The van der Waals surface area contributed by atoms with Gasteiger partial charge in [0.25, 0.3) is 0 Å². The highest BCUT2D eigenvalue weighted by Gasteiger charge is 2.44. The summed E-state index contributed by atoms with van der Waals surface area (Å²) in [7, 11) is -2.13. The number of rotatable bonds is 9. The number of para-hydroxylation sites is 1. The van der Waals surface area contributed by atoms with Gasteiger partial charge in [0, 0.05) is 32.4 Å². The van der Waals surface area contributed by atoms with Crippen LogP contribution in [0.1, 0.15) is 49.1 Å². The summed E-state index contributed by atoms with van der Waals surface area (Å²) < 4.78 is 46.6. The molecule has 1 saturated carbocycles. The van der Waals surface area contributed by atoms with Crippen LogP contribution in [0.5, 0.6) is 0 Å². The van der Waals surface area contributed by atoms with E-state index in [1.807, 2.05) is 42.6 Å². The number of nitrogens with zero attached hydrogens (tertiary/aromatic N) is 7. The standard InChI is InChI=1S/C28H32N8O5S/c1-18-32-33-27(41-18)28(40-16-15-39-2)12-9-19(10-13-28)23-24(42(3,37)38)25(29)36-26(31-23)21(17-30-36)22-11-14-35(34-22)20-7-5-4-6-8-20/h4-8,11,14,17,19H,9-10,12-13,15-16,29H2,1-3H3. The molecule has 5 aromatic rings. The molecule has 1 aliphatic carbocycles. The molecule has 0 saturated heterocycles. The van der Waals surface area contributed by atoms with Gasteiger partial charge in [0.1, 0.15) is 16.3 Å². The Bertz CT molecular complexity index is 1820. The number of anilines is 1. The van der Waals surface area contributed by atoms with Crippen molar-refractivity contribution in [3.05, 3.63) is 66.3 Å².